The first-order chi connectivity index (χ1) is 13.8. The summed E-state index contributed by atoms with van der Waals surface area (Å²) < 4.78 is 1.57. The predicted molar refractivity (Wildman–Crippen MR) is 112 cm³/mol. The Bertz CT molecular complexity index is 1280. The molecule has 4 rings (SSSR count). The minimum absolute atomic E-state index is 0.0507. The van der Waals surface area contributed by atoms with E-state index in [2.05, 4.69) is 15.4 Å². The summed E-state index contributed by atoms with van der Waals surface area (Å²) in [6.07, 6.45) is 0. The SMILES string of the molecule is Cc1cc(C(=O)Nc2nc3scc(-c4cc(Cl)ccc4Cl)n3n2)ccc1[N+](=O)[O-]. The van der Waals surface area contributed by atoms with Crippen molar-refractivity contribution in [3.8, 4) is 11.3 Å². The second-order valence-electron chi connectivity index (χ2n) is 6.09. The lowest BCUT2D eigenvalue weighted by atomic mass is 10.1. The van der Waals surface area contributed by atoms with E-state index in [9.17, 15) is 14.9 Å². The van der Waals surface area contributed by atoms with Crippen molar-refractivity contribution in [1.29, 1.82) is 0 Å². The number of aryl methyl sites for hydroxylation is 1. The first-order valence-corrected chi connectivity index (χ1v) is 9.83. The van der Waals surface area contributed by atoms with Gasteiger partial charge >= 0.3 is 0 Å². The Morgan fingerprint density at radius 1 is 1.24 bits per heavy atom. The van der Waals surface area contributed by atoms with Crippen LogP contribution in [0.25, 0.3) is 16.2 Å². The van der Waals surface area contributed by atoms with Crippen LogP contribution in [0.3, 0.4) is 0 Å². The summed E-state index contributed by atoms with van der Waals surface area (Å²) >= 11 is 13.7. The van der Waals surface area contributed by atoms with Crippen LogP contribution in [0.2, 0.25) is 10.0 Å². The Morgan fingerprint density at radius 2 is 2.03 bits per heavy atom. The van der Waals surface area contributed by atoms with E-state index in [0.717, 1.165) is 0 Å². The van der Waals surface area contributed by atoms with Gasteiger partial charge in [0, 0.05) is 33.2 Å². The fourth-order valence-electron chi connectivity index (χ4n) is 2.79. The quantitative estimate of drug-likeness (QED) is 0.340. The normalized spacial score (nSPS) is 11.0. The molecule has 0 radical (unpaired) electrons. The van der Waals surface area contributed by atoms with Crippen LogP contribution in [0.15, 0.2) is 41.8 Å². The molecule has 1 N–H and O–H groups in total. The number of amides is 1. The van der Waals surface area contributed by atoms with Gasteiger partial charge in [0.1, 0.15) is 0 Å². The van der Waals surface area contributed by atoms with Gasteiger partial charge < -0.3 is 0 Å². The number of nitro benzene ring substituents is 1. The van der Waals surface area contributed by atoms with Crippen LogP contribution < -0.4 is 5.32 Å². The second kappa shape index (κ2) is 7.43. The van der Waals surface area contributed by atoms with Gasteiger partial charge in [0.25, 0.3) is 17.5 Å². The Morgan fingerprint density at radius 3 is 2.76 bits per heavy atom. The molecule has 29 heavy (non-hydrogen) atoms. The van der Waals surface area contributed by atoms with Crippen LogP contribution in [0.4, 0.5) is 11.6 Å². The molecule has 0 unspecified atom stereocenters. The van der Waals surface area contributed by atoms with Crippen LogP contribution in [0, 0.1) is 17.0 Å². The molecule has 0 aliphatic heterocycles. The number of halogens is 2. The van der Waals surface area contributed by atoms with Crippen LogP contribution >= 0.6 is 34.5 Å². The first-order valence-electron chi connectivity index (χ1n) is 8.19. The van der Waals surface area contributed by atoms with Crippen LogP contribution in [0.1, 0.15) is 15.9 Å². The molecule has 2 aromatic heterocycles. The summed E-state index contributed by atoms with van der Waals surface area (Å²) in [6.45, 7) is 1.57. The molecule has 0 aliphatic carbocycles. The van der Waals surface area contributed by atoms with Crippen molar-refractivity contribution >= 4 is 57.0 Å². The summed E-state index contributed by atoms with van der Waals surface area (Å²) in [4.78, 5) is 27.8. The zero-order valence-electron chi connectivity index (χ0n) is 14.7. The number of nitrogens with one attached hydrogen (secondary N) is 1. The lowest BCUT2D eigenvalue weighted by molar-refractivity contribution is -0.385. The third-order valence-corrected chi connectivity index (χ3v) is 5.55. The van der Waals surface area contributed by atoms with Gasteiger partial charge in [-0.15, -0.1) is 16.4 Å². The highest BCUT2D eigenvalue weighted by atomic mass is 35.5. The highest BCUT2D eigenvalue weighted by Gasteiger charge is 2.18. The maximum Gasteiger partial charge on any atom is 0.272 e. The Labute approximate surface area is 177 Å². The molecule has 0 fully saturated rings. The summed E-state index contributed by atoms with van der Waals surface area (Å²) in [7, 11) is 0. The molecular weight excluding hydrogens is 437 g/mol. The molecule has 11 heteroatoms. The van der Waals surface area contributed by atoms with Gasteiger partial charge in [0.05, 0.1) is 15.6 Å². The molecule has 0 saturated carbocycles. The molecule has 0 spiro atoms. The number of carbonyl (C=O) groups excluding carboxylic acids is 1. The van der Waals surface area contributed by atoms with Gasteiger partial charge in [0.15, 0.2) is 0 Å². The topological polar surface area (TPSA) is 102 Å². The summed E-state index contributed by atoms with van der Waals surface area (Å²) in [5.74, 6) is -0.360. The van der Waals surface area contributed by atoms with Crippen molar-refractivity contribution in [1.82, 2.24) is 14.6 Å². The largest absolute Gasteiger partial charge is 0.289 e. The van der Waals surface area contributed by atoms with E-state index < -0.39 is 10.8 Å². The van der Waals surface area contributed by atoms with E-state index in [1.165, 1.54) is 29.5 Å². The lowest BCUT2D eigenvalue weighted by Gasteiger charge is -2.04. The molecule has 2 heterocycles. The standard InChI is InChI=1S/C18H11Cl2N5O3S/c1-9-6-10(2-5-14(9)25(27)28)16(26)21-17-22-18-24(23-17)15(8-29-18)12-7-11(19)3-4-13(12)20/h2-8H,1H3,(H,21,23,26). The number of carbonyl (C=O) groups is 1. The van der Waals surface area contributed by atoms with Crippen LogP contribution in [0.5, 0.6) is 0 Å². The van der Waals surface area contributed by atoms with Gasteiger partial charge in [-0.2, -0.15) is 4.98 Å². The highest BCUT2D eigenvalue weighted by molar-refractivity contribution is 7.15. The molecule has 0 aliphatic rings. The van der Waals surface area contributed by atoms with Gasteiger partial charge in [-0.1, -0.05) is 23.2 Å². The highest BCUT2D eigenvalue weighted by Crippen LogP contribution is 2.33. The number of benzene rings is 2. The number of nitro groups is 1. The number of nitrogens with zero attached hydrogens (tertiary/aromatic N) is 4. The number of anilines is 1. The second-order valence-corrected chi connectivity index (χ2v) is 7.77. The van der Waals surface area contributed by atoms with E-state index in [-0.39, 0.29) is 17.2 Å². The van der Waals surface area contributed by atoms with E-state index in [0.29, 0.717) is 31.8 Å². The van der Waals surface area contributed by atoms with Crippen molar-refractivity contribution < 1.29 is 9.72 Å². The van der Waals surface area contributed by atoms with E-state index in [4.69, 9.17) is 23.2 Å². The van der Waals surface area contributed by atoms with Crippen LogP contribution in [-0.4, -0.2) is 25.4 Å². The minimum Gasteiger partial charge on any atom is -0.289 e. The number of hydrogen-bond donors (Lipinski definition) is 1. The fourth-order valence-corrected chi connectivity index (χ4v) is 4.00. The van der Waals surface area contributed by atoms with Gasteiger partial charge in [-0.25, -0.2) is 4.52 Å². The summed E-state index contributed by atoms with van der Waals surface area (Å²) in [5.41, 5.74) is 1.99. The van der Waals surface area contributed by atoms with Crippen molar-refractivity contribution in [2.45, 2.75) is 6.92 Å². The van der Waals surface area contributed by atoms with Crippen molar-refractivity contribution in [2.24, 2.45) is 0 Å². The van der Waals surface area contributed by atoms with Crippen LogP contribution in [-0.2, 0) is 0 Å². The number of hydrogen-bond acceptors (Lipinski definition) is 6. The number of aromatic nitrogens is 3. The minimum atomic E-state index is -0.495. The Kier molecular flexibility index (Phi) is 4.95. The third kappa shape index (κ3) is 3.67. The average molecular weight is 448 g/mol. The zero-order valence-corrected chi connectivity index (χ0v) is 17.0. The number of fused-ring (bicyclic) bond motifs is 1. The number of rotatable bonds is 4. The molecule has 1 amide bonds. The van der Waals surface area contributed by atoms with Gasteiger partial charge in [-0.05, 0) is 37.3 Å². The van der Waals surface area contributed by atoms with E-state index >= 15 is 0 Å². The molecule has 0 bridgehead atoms. The van der Waals surface area contributed by atoms with Gasteiger partial charge in [0.2, 0.25) is 4.96 Å². The Balaban J connectivity index is 1.64. The summed E-state index contributed by atoms with van der Waals surface area (Å²) in [6, 6.07) is 9.24. The zero-order chi connectivity index (χ0) is 20.7. The predicted octanol–water partition coefficient (Wildman–Crippen LogP) is 5.23. The molecule has 0 saturated heterocycles. The van der Waals surface area contributed by atoms with Gasteiger partial charge in [-0.3, -0.25) is 20.2 Å². The lowest BCUT2D eigenvalue weighted by Crippen LogP contribution is -2.13. The molecular formula is C18H11Cl2N5O3S. The van der Waals surface area contributed by atoms with E-state index in [1.54, 1.807) is 29.6 Å². The molecule has 8 nitrogen and oxygen atoms in total. The Hall–Kier alpha value is -3.01. The monoisotopic (exact) mass is 447 g/mol. The summed E-state index contributed by atoms with van der Waals surface area (Å²) in [5, 5.41) is 20.8. The maximum absolute atomic E-state index is 12.5. The van der Waals surface area contributed by atoms with Crippen molar-refractivity contribution in [3.63, 3.8) is 0 Å². The molecule has 4 aromatic rings. The van der Waals surface area contributed by atoms with Crippen molar-refractivity contribution in [2.75, 3.05) is 5.32 Å². The third-order valence-electron chi connectivity index (χ3n) is 4.17. The maximum atomic E-state index is 12.5. The smallest absolute Gasteiger partial charge is 0.272 e. The molecule has 0 atom stereocenters. The average Bonchev–Trinajstić information content (AvgIpc) is 3.23. The number of thiazole rings is 1. The van der Waals surface area contributed by atoms with Crippen molar-refractivity contribution in [3.05, 3.63) is 73.1 Å². The molecule has 2 aromatic carbocycles. The first kappa shape index (κ1) is 19.3. The fraction of sp³-hybridized carbons (Fsp3) is 0.0556. The van der Waals surface area contributed by atoms with E-state index in [1.807, 2.05) is 5.38 Å². The molecule has 146 valence electrons.